The monoisotopic (exact) mass is 244 g/mol. The molecule has 0 aliphatic carbocycles. The maximum Gasteiger partial charge on any atom is 0.112 e. The molecule has 2 nitrogen and oxygen atoms in total. The molecule has 2 aromatic rings. The number of H-pyrrole nitrogens is 1. The lowest BCUT2D eigenvalue weighted by molar-refractivity contribution is 0.411. The zero-order valence-electron chi connectivity index (χ0n) is 12.4. The number of aromatic nitrogens is 2. The topological polar surface area (TPSA) is 28.7 Å². The average Bonchev–Trinajstić information content (AvgIpc) is 2.57. The minimum atomic E-state index is 0.0726. The molecule has 0 spiro atoms. The van der Waals surface area contributed by atoms with Gasteiger partial charge in [0.05, 0.1) is 11.0 Å². The van der Waals surface area contributed by atoms with Gasteiger partial charge in [0.1, 0.15) is 5.82 Å². The molecule has 1 aromatic carbocycles. The van der Waals surface area contributed by atoms with Crippen molar-refractivity contribution in [3.63, 3.8) is 0 Å². The van der Waals surface area contributed by atoms with E-state index in [1.807, 2.05) is 0 Å². The fourth-order valence-corrected chi connectivity index (χ4v) is 2.13. The average molecular weight is 244 g/mol. The molecule has 2 rings (SSSR count). The highest BCUT2D eigenvalue weighted by Crippen LogP contribution is 2.25. The molecular weight excluding hydrogens is 220 g/mol. The summed E-state index contributed by atoms with van der Waals surface area (Å²) in [5, 5.41) is 0. The molecule has 0 radical (unpaired) electrons. The third kappa shape index (κ3) is 2.92. The van der Waals surface area contributed by atoms with Crippen LogP contribution in [0.3, 0.4) is 0 Å². The summed E-state index contributed by atoms with van der Waals surface area (Å²) in [6, 6.07) is 6.56. The number of rotatable bonds is 1. The minimum absolute atomic E-state index is 0.0726. The zero-order chi connectivity index (χ0) is 13.6. The molecular formula is C16H24N2. The van der Waals surface area contributed by atoms with E-state index >= 15 is 0 Å². The standard InChI is InChI=1S/C16H24N2/c1-15(2,3)10-11-7-8-12-13(9-11)18-14(17-12)16(4,5)6/h7-9H,10H2,1-6H3,(H,17,18). The molecule has 0 amide bonds. The summed E-state index contributed by atoms with van der Waals surface area (Å²) in [6.07, 6.45) is 1.09. The molecule has 2 heteroatoms. The highest BCUT2D eigenvalue weighted by Gasteiger charge is 2.18. The predicted octanol–water partition coefficient (Wildman–Crippen LogP) is 4.45. The van der Waals surface area contributed by atoms with Crippen molar-refractivity contribution in [1.29, 1.82) is 0 Å². The predicted molar refractivity (Wildman–Crippen MR) is 78.0 cm³/mol. The molecule has 0 saturated carbocycles. The van der Waals surface area contributed by atoms with Crippen LogP contribution in [0.15, 0.2) is 18.2 Å². The Morgan fingerprint density at radius 2 is 1.72 bits per heavy atom. The molecule has 98 valence electrons. The maximum atomic E-state index is 4.67. The van der Waals surface area contributed by atoms with Gasteiger partial charge in [-0.25, -0.2) is 4.98 Å². The third-order valence-electron chi connectivity index (χ3n) is 2.99. The lowest BCUT2D eigenvalue weighted by atomic mass is 9.88. The second kappa shape index (κ2) is 4.11. The molecule has 0 atom stereocenters. The van der Waals surface area contributed by atoms with E-state index in [0.29, 0.717) is 5.41 Å². The van der Waals surface area contributed by atoms with Gasteiger partial charge in [0.25, 0.3) is 0 Å². The van der Waals surface area contributed by atoms with Crippen LogP contribution in [0.25, 0.3) is 11.0 Å². The first kappa shape index (κ1) is 13.1. The van der Waals surface area contributed by atoms with Gasteiger partial charge in [0, 0.05) is 5.41 Å². The second-order valence-corrected chi connectivity index (χ2v) is 7.42. The van der Waals surface area contributed by atoms with Crippen molar-refractivity contribution in [2.45, 2.75) is 53.4 Å². The largest absolute Gasteiger partial charge is 0.342 e. The molecule has 0 fully saturated rings. The summed E-state index contributed by atoms with van der Waals surface area (Å²) in [5.74, 6) is 1.06. The first-order valence-corrected chi connectivity index (χ1v) is 6.64. The van der Waals surface area contributed by atoms with Crippen molar-refractivity contribution < 1.29 is 0 Å². The molecule has 0 saturated heterocycles. The highest BCUT2D eigenvalue weighted by molar-refractivity contribution is 5.76. The fourth-order valence-electron chi connectivity index (χ4n) is 2.13. The van der Waals surface area contributed by atoms with Crippen LogP contribution in [0.5, 0.6) is 0 Å². The van der Waals surface area contributed by atoms with Gasteiger partial charge in [0.15, 0.2) is 0 Å². The molecule has 1 aromatic heterocycles. The number of hydrogen-bond donors (Lipinski definition) is 1. The van der Waals surface area contributed by atoms with Gasteiger partial charge >= 0.3 is 0 Å². The van der Waals surface area contributed by atoms with Crippen molar-refractivity contribution in [1.82, 2.24) is 9.97 Å². The Kier molecular flexibility index (Phi) is 3.00. The Labute approximate surface area is 110 Å². The van der Waals surface area contributed by atoms with Crippen molar-refractivity contribution in [2.75, 3.05) is 0 Å². The van der Waals surface area contributed by atoms with E-state index in [-0.39, 0.29) is 5.41 Å². The Morgan fingerprint density at radius 1 is 1.06 bits per heavy atom. The van der Waals surface area contributed by atoms with E-state index in [9.17, 15) is 0 Å². The summed E-state index contributed by atoms with van der Waals surface area (Å²) in [6.45, 7) is 13.3. The molecule has 0 bridgehead atoms. The number of fused-ring (bicyclic) bond motifs is 1. The molecule has 18 heavy (non-hydrogen) atoms. The van der Waals surface area contributed by atoms with Crippen LogP contribution in [0.1, 0.15) is 52.9 Å². The van der Waals surface area contributed by atoms with E-state index < -0.39 is 0 Å². The van der Waals surface area contributed by atoms with Crippen molar-refractivity contribution >= 4 is 11.0 Å². The van der Waals surface area contributed by atoms with Crippen LogP contribution in [0.4, 0.5) is 0 Å². The van der Waals surface area contributed by atoms with E-state index in [0.717, 1.165) is 23.3 Å². The first-order chi connectivity index (χ1) is 8.15. The molecule has 1 heterocycles. The first-order valence-electron chi connectivity index (χ1n) is 6.64. The van der Waals surface area contributed by atoms with E-state index in [4.69, 9.17) is 0 Å². The number of nitrogens with zero attached hydrogens (tertiary/aromatic N) is 1. The Morgan fingerprint density at radius 3 is 2.28 bits per heavy atom. The highest BCUT2D eigenvalue weighted by atomic mass is 14.9. The number of nitrogens with one attached hydrogen (secondary N) is 1. The molecule has 0 aliphatic heterocycles. The van der Waals surface area contributed by atoms with Gasteiger partial charge in [-0.1, -0.05) is 47.6 Å². The van der Waals surface area contributed by atoms with Gasteiger partial charge < -0.3 is 4.98 Å². The van der Waals surface area contributed by atoms with Gasteiger partial charge in [-0.15, -0.1) is 0 Å². The molecule has 0 aliphatic rings. The van der Waals surface area contributed by atoms with E-state index in [2.05, 4.69) is 69.7 Å². The van der Waals surface area contributed by atoms with E-state index in [1.165, 1.54) is 5.56 Å². The molecule has 0 unspecified atom stereocenters. The number of benzene rings is 1. The van der Waals surface area contributed by atoms with Crippen molar-refractivity contribution in [2.24, 2.45) is 5.41 Å². The smallest absolute Gasteiger partial charge is 0.112 e. The SMILES string of the molecule is CC(C)(C)Cc1ccc2nc(C(C)(C)C)[nH]c2c1. The van der Waals surface area contributed by atoms with E-state index in [1.54, 1.807) is 0 Å². The Balaban J connectivity index is 2.40. The fraction of sp³-hybridized carbons (Fsp3) is 0.562. The number of imidazole rings is 1. The maximum absolute atomic E-state index is 4.67. The van der Waals surface area contributed by atoms with Gasteiger partial charge in [-0.05, 0) is 29.5 Å². The van der Waals surface area contributed by atoms with Crippen molar-refractivity contribution in [3.05, 3.63) is 29.6 Å². The normalized spacial score (nSPS) is 13.2. The van der Waals surface area contributed by atoms with Gasteiger partial charge in [0.2, 0.25) is 0 Å². The van der Waals surface area contributed by atoms with Gasteiger partial charge in [-0.3, -0.25) is 0 Å². The van der Waals surface area contributed by atoms with Crippen LogP contribution in [0.2, 0.25) is 0 Å². The summed E-state index contributed by atoms with van der Waals surface area (Å²) < 4.78 is 0. The summed E-state index contributed by atoms with van der Waals surface area (Å²) in [4.78, 5) is 8.12. The third-order valence-corrected chi connectivity index (χ3v) is 2.99. The molecule has 1 N–H and O–H groups in total. The van der Waals surface area contributed by atoms with Crippen LogP contribution in [0, 0.1) is 5.41 Å². The quantitative estimate of drug-likeness (QED) is 0.789. The Bertz CT molecular complexity index is 550. The summed E-state index contributed by atoms with van der Waals surface area (Å²) in [7, 11) is 0. The number of hydrogen-bond acceptors (Lipinski definition) is 1. The second-order valence-electron chi connectivity index (χ2n) is 7.42. The minimum Gasteiger partial charge on any atom is -0.342 e. The lowest BCUT2D eigenvalue weighted by Crippen LogP contribution is -2.12. The van der Waals surface area contributed by atoms with Crippen molar-refractivity contribution in [3.8, 4) is 0 Å². The van der Waals surface area contributed by atoms with Crippen LogP contribution in [-0.4, -0.2) is 9.97 Å². The Hall–Kier alpha value is -1.31. The summed E-state index contributed by atoms with van der Waals surface area (Å²) >= 11 is 0. The summed E-state index contributed by atoms with van der Waals surface area (Å²) in [5.41, 5.74) is 3.99. The van der Waals surface area contributed by atoms with Crippen LogP contribution < -0.4 is 0 Å². The van der Waals surface area contributed by atoms with Crippen LogP contribution in [-0.2, 0) is 11.8 Å². The lowest BCUT2D eigenvalue weighted by Gasteiger charge is -2.17. The number of aromatic amines is 1. The van der Waals surface area contributed by atoms with Crippen LogP contribution >= 0.6 is 0 Å². The zero-order valence-corrected chi connectivity index (χ0v) is 12.4. The van der Waals surface area contributed by atoms with Gasteiger partial charge in [-0.2, -0.15) is 0 Å².